The topological polar surface area (TPSA) is 79.4 Å². The summed E-state index contributed by atoms with van der Waals surface area (Å²) in [4.78, 5) is 16.6. The van der Waals surface area contributed by atoms with Crippen LogP contribution in [0.1, 0.15) is 17.5 Å². The van der Waals surface area contributed by atoms with Gasteiger partial charge in [-0.2, -0.15) is 0 Å². The first kappa shape index (κ1) is 19.8. The molecular formula is C21H23N3O3S. The highest BCUT2D eigenvalue weighted by Crippen LogP contribution is 2.26. The van der Waals surface area contributed by atoms with Gasteiger partial charge in [-0.1, -0.05) is 48.0 Å². The second-order valence-electron chi connectivity index (χ2n) is 6.70. The van der Waals surface area contributed by atoms with Gasteiger partial charge in [-0.25, -0.2) is 8.42 Å². The highest BCUT2D eigenvalue weighted by atomic mass is 32.2. The molecule has 1 N–H and O–H groups in total. The quantitative estimate of drug-likeness (QED) is 0.665. The zero-order chi connectivity index (χ0) is 20.1. The monoisotopic (exact) mass is 397 g/mol. The Hall–Kier alpha value is -2.93. The normalized spacial score (nSPS) is 11.4. The maximum absolute atomic E-state index is 12.4. The fourth-order valence-corrected chi connectivity index (χ4v) is 4.00. The van der Waals surface area contributed by atoms with Crippen LogP contribution in [0.3, 0.4) is 0 Å². The van der Waals surface area contributed by atoms with Crippen molar-refractivity contribution < 1.29 is 13.2 Å². The number of aryl methyl sites for hydroxylation is 1. The Morgan fingerprint density at radius 1 is 1.11 bits per heavy atom. The minimum absolute atomic E-state index is 0.0498. The van der Waals surface area contributed by atoms with Gasteiger partial charge in [-0.3, -0.25) is 14.1 Å². The smallest absolute Gasteiger partial charge is 0.232 e. The van der Waals surface area contributed by atoms with E-state index in [0.717, 1.165) is 22.8 Å². The number of benzene rings is 2. The van der Waals surface area contributed by atoms with E-state index in [4.69, 9.17) is 0 Å². The van der Waals surface area contributed by atoms with E-state index >= 15 is 0 Å². The minimum Gasteiger partial charge on any atom is -0.352 e. The van der Waals surface area contributed by atoms with Crippen LogP contribution in [0.4, 0.5) is 5.69 Å². The number of rotatable bonds is 7. The van der Waals surface area contributed by atoms with E-state index < -0.39 is 10.0 Å². The summed E-state index contributed by atoms with van der Waals surface area (Å²) < 4.78 is 26.0. The van der Waals surface area contributed by atoms with Crippen molar-refractivity contribution >= 4 is 32.5 Å². The molecule has 0 saturated heterocycles. The Balaban J connectivity index is 1.72. The Morgan fingerprint density at radius 2 is 1.86 bits per heavy atom. The summed E-state index contributed by atoms with van der Waals surface area (Å²) in [5.41, 5.74) is 3.20. The molecule has 0 bridgehead atoms. The molecule has 7 heteroatoms. The van der Waals surface area contributed by atoms with Crippen molar-refractivity contribution in [2.75, 3.05) is 17.1 Å². The summed E-state index contributed by atoms with van der Waals surface area (Å²) in [5, 5.41) is 3.69. The van der Waals surface area contributed by atoms with Crippen molar-refractivity contribution in [3.63, 3.8) is 0 Å². The maximum atomic E-state index is 12.4. The van der Waals surface area contributed by atoms with E-state index in [1.54, 1.807) is 24.4 Å². The molecule has 146 valence electrons. The number of nitrogens with one attached hydrogen (secondary N) is 1. The van der Waals surface area contributed by atoms with Crippen LogP contribution < -0.4 is 9.62 Å². The average Bonchev–Trinajstić information content (AvgIpc) is 2.66. The van der Waals surface area contributed by atoms with Crippen LogP contribution in [0.2, 0.25) is 0 Å². The zero-order valence-electron chi connectivity index (χ0n) is 15.9. The number of para-hydroxylation sites is 1. The lowest BCUT2D eigenvalue weighted by Gasteiger charge is -2.23. The van der Waals surface area contributed by atoms with Crippen molar-refractivity contribution in [3.8, 4) is 0 Å². The maximum Gasteiger partial charge on any atom is 0.232 e. The van der Waals surface area contributed by atoms with E-state index in [9.17, 15) is 13.2 Å². The van der Waals surface area contributed by atoms with Gasteiger partial charge in [0.2, 0.25) is 15.9 Å². The predicted molar refractivity (Wildman–Crippen MR) is 112 cm³/mol. The lowest BCUT2D eigenvalue weighted by molar-refractivity contribution is -0.121. The molecule has 0 aliphatic carbocycles. The zero-order valence-corrected chi connectivity index (χ0v) is 16.7. The Labute approximate surface area is 165 Å². The molecule has 6 nitrogen and oxygen atoms in total. The van der Waals surface area contributed by atoms with E-state index in [-0.39, 0.29) is 18.9 Å². The standard InChI is InChI=1S/C21H23N3O3S/c1-16-6-3-7-17(14-16)15-23-20(25)11-13-24(28(2,26)27)19-10-4-8-18-9-5-12-22-21(18)19/h3-10,12,14H,11,13,15H2,1-2H3,(H,23,25). The van der Waals surface area contributed by atoms with E-state index in [2.05, 4.69) is 10.3 Å². The van der Waals surface area contributed by atoms with Gasteiger partial charge in [0.25, 0.3) is 0 Å². The number of hydrogen-bond donors (Lipinski definition) is 1. The number of amides is 1. The minimum atomic E-state index is -3.56. The molecule has 2 aromatic carbocycles. The number of hydrogen-bond acceptors (Lipinski definition) is 4. The highest BCUT2D eigenvalue weighted by Gasteiger charge is 2.21. The third kappa shape index (κ3) is 4.86. The number of aromatic nitrogens is 1. The van der Waals surface area contributed by atoms with Gasteiger partial charge < -0.3 is 5.32 Å². The number of nitrogens with zero attached hydrogens (tertiary/aromatic N) is 2. The van der Waals surface area contributed by atoms with Gasteiger partial charge in [0, 0.05) is 31.1 Å². The summed E-state index contributed by atoms with van der Waals surface area (Å²) in [6.45, 7) is 2.46. The van der Waals surface area contributed by atoms with Crippen molar-refractivity contribution in [1.82, 2.24) is 10.3 Å². The summed E-state index contributed by atoms with van der Waals surface area (Å²) in [6, 6.07) is 16.9. The molecule has 0 unspecified atom stereocenters. The largest absolute Gasteiger partial charge is 0.352 e. The lowest BCUT2D eigenvalue weighted by Crippen LogP contribution is -2.34. The van der Waals surface area contributed by atoms with E-state index in [0.29, 0.717) is 17.7 Å². The van der Waals surface area contributed by atoms with Gasteiger partial charge >= 0.3 is 0 Å². The fraction of sp³-hybridized carbons (Fsp3) is 0.238. The van der Waals surface area contributed by atoms with Gasteiger partial charge in [-0.05, 0) is 24.6 Å². The first-order chi connectivity index (χ1) is 13.3. The average molecular weight is 398 g/mol. The molecule has 1 amide bonds. The SMILES string of the molecule is Cc1cccc(CNC(=O)CCN(c2cccc3cccnc23)S(C)(=O)=O)c1. The number of anilines is 1. The van der Waals surface area contributed by atoms with Crippen LogP contribution in [0.25, 0.3) is 10.9 Å². The summed E-state index contributed by atoms with van der Waals surface area (Å²) in [7, 11) is -3.56. The van der Waals surface area contributed by atoms with Crippen LogP contribution in [-0.4, -0.2) is 32.1 Å². The van der Waals surface area contributed by atoms with Crippen molar-refractivity contribution in [3.05, 3.63) is 71.9 Å². The van der Waals surface area contributed by atoms with Gasteiger partial charge in [0.1, 0.15) is 0 Å². The Kier molecular flexibility index (Phi) is 5.94. The van der Waals surface area contributed by atoms with Crippen LogP contribution in [0.15, 0.2) is 60.8 Å². The number of sulfonamides is 1. The second-order valence-corrected chi connectivity index (χ2v) is 8.61. The van der Waals surface area contributed by atoms with E-state index in [1.165, 1.54) is 4.31 Å². The van der Waals surface area contributed by atoms with Crippen LogP contribution in [-0.2, 0) is 21.4 Å². The lowest BCUT2D eigenvalue weighted by atomic mass is 10.1. The summed E-state index contributed by atoms with van der Waals surface area (Å²) in [6.07, 6.45) is 2.82. The Bertz CT molecular complexity index is 1090. The number of carbonyl (C=O) groups excluding carboxylic acids is 1. The number of carbonyl (C=O) groups is 1. The molecule has 0 aliphatic rings. The molecule has 0 spiro atoms. The molecule has 3 rings (SSSR count). The molecule has 0 atom stereocenters. The molecule has 0 aliphatic heterocycles. The third-order valence-corrected chi connectivity index (χ3v) is 5.57. The molecule has 1 heterocycles. The van der Waals surface area contributed by atoms with Gasteiger partial charge in [0.15, 0.2) is 0 Å². The summed E-state index contributed by atoms with van der Waals surface area (Å²) in [5.74, 6) is -0.205. The molecule has 0 saturated carbocycles. The molecule has 1 aromatic heterocycles. The Morgan fingerprint density at radius 3 is 2.61 bits per heavy atom. The van der Waals surface area contributed by atoms with Crippen LogP contribution in [0, 0.1) is 6.92 Å². The van der Waals surface area contributed by atoms with Crippen molar-refractivity contribution in [2.45, 2.75) is 19.9 Å². The van der Waals surface area contributed by atoms with Crippen molar-refractivity contribution in [1.29, 1.82) is 0 Å². The van der Waals surface area contributed by atoms with Crippen molar-refractivity contribution in [2.24, 2.45) is 0 Å². The van der Waals surface area contributed by atoms with Gasteiger partial charge in [0.05, 0.1) is 17.5 Å². The van der Waals surface area contributed by atoms with Crippen LogP contribution in [0.5, 0.6) is 0 Å². The molecule has 0 radical (unpaired) electrons. The summed E-state index contributed by atoms with van der Waals surface area (Å²) >= 11 is 0. The number of pyridine rings is 1. The third-order valence-electron chi connectivity index (χ3n) is 4.39. The van der Waals surface area contributed by atoms with Crippen LogP contribution >= 0.6 is 0 Å². The number of fused-ring (bicyclic) bond motifs is 1. The first-order valence-electron chi connectivity index (χ1n) is 8.98. The van der Waals surface area contributed by atoms with E-state index in [1.807, 2.05) is 43.3 Å². The molecule has 28 heavy (non-hydrogen) atoms. The van der Waals surface area contributed by atoms with Gasteiger partial charge in [-0.15, -0.1) is 0 Å². The molecule has 0 fully saturated rings. The fourth-order valence-electron chi connectivity index (χ4n) is 3.07. The molecular weight excluding hydrogens is 374 g/mol. The highest BCUT2D eigenvalue weighted by molar-refractivity contribution is 7.92. The first-order valence-corrected chi connectivity index (χ1v) is 10.8. The molecule has 3 aromatic rings. The predicted octanol–water partition coefficient (Wildman–Crippen LogP) is 3.02. The second kappa shape index (κ2) is 8.39.